The van der Waals surface area contributed by atoms with Crippen LogP contribution in [-0.2, 0) is 0 Å². The monoisotopic (exact) mass is 251 g/mol. The second-order valence-corrected chi connectivity index (χ2v) is 5.37. The molecule has 0 spiro atoms. The summed E-state index contributed by atoms with van der Waals surface area (Å²) in [6.07, 6.45) is 1.08. The molecule has 1 aliphatic rings. The molecule has 1 aromatic heterocycles. The molecule has 4 nitrogen and oxygen atoms in total. The second kappa shape index (κ2) is 5.40. The molecule has 2 heterocycles. The normalized spacial score (nSPS) is 19.1. The van der Waals surface area contributed by atoms with Crippen molar-refractivity contribution in [1.29, 1.82) is 0 Å². The summed E-state index contributed by atoms with van der Waals surface area (Å²) >= 11 is 1.90. The number of urea groups is 1. The number of nitrogens with zero attached hydrogens (tertiary/aromatic N) is 2. The van der Waals surface area contributed by atoms with E-state index in [-0.39, 0.29) is 6.03 Å². The summed E-state index contributed by atoms with van der Waals surface area (Å²) in [4.78, 5) is 18.0. The van der Waals surface area contributed by atoms with E-state index in [9.17, 15) is 4.79 Å². The number of pyridine rings is 1. The van der Waals surface area contributed by atoms with E-state index in [2.05, 4.69) is 10.3 Å². The minimum Gasteiger partial charge on any atom is -0.324 e. The number of anilines is 1. The number of nitrogens with one attached hydrogen (secondary N) is 1. The van der Waals surface area contributed by atoms with Crippen molar-refractivity contribution < 1.29 is 4.79 Å². The van der Waals surface area contributed by atoms with Gasteiger partial charge in [-0.1, -0.05) is 6.07 Å². The van der Waals surface area contributed by atoms with Crippen LogP contribution in [0.15, 0.2) is 18.2 Å². The highest BCUT2D eigenvalue weighted by Crippen LogP contribution is 2.21. The molecule has 1 aliphatic heterocycles. The molecule has 1 saturated heterocycles. The average Bonchev–Trinajstić information content (AvgIpc) is 2.81. The first-order valence-electron chi connectivity index (χ1n) is 5.72. The van der Waals surface area contributed by atoms with E-state index in [1.54, 1.807) is 4.90 Å². The lowest BCUT2D eigenvalue weighted by Crippen LogP contribution is -2.40. The van der Waals surface area contributed by atoms with Gasteiger partial charge in [0, 0.05) is 24.5 Å². The lowest BCUT2D eigenvalue weighted by atomic mass is 10.2. The molecule has 0 saturated carbocycles. The SMILES string of the molecule is Cc1cccc(NC(=O)N(C)[C@H]2CCSC2)n1. The Kier molecular flexibility index (Phi) is 3.89. The van der Waals surface area contributed by atoms with Gasteiger partial charge in [0.2, 0.25) is 0 Å². The Morgan fingerprint density at radius 3 is 3.06 bits per heavy atom. The summed E-state index contributed by atoms with van der Waals surface area (Å²) in [6, 6.07) is 5.89. The van der Waals surface area contributed by atoms with Crippen molar-refractivity contribution in [3.63, 3.8) is 0 Å². The third-order valence-electron chi connectivity index (χ3n) is 2.90. The zero-order chi connectivity index (χ0) is 12.3. The summed E-state index contributed by atoms with van der Waals surface area (Å²) in [5.74, 6) is 2.79. The molecule has 2 amide bonds. The van der Waals surface area contributed by atoms with Gasteiger partial charge in [-0.2, -0.15) is 11.8 Å². The molecule has 1 fully saturated rings. The van der Waals surface area contributed by atoms with Crippen molar-refractivity contribution in [2.24, 2.45) is 0 Å². The number of carbonyl (C=O) groups is 1. The van der Waals surface area contributed by atoms with E-state index in [0.29, 0.717) is 11.9 Å². The van der Waals surface area contributed by atoms with Gasteiger partial charge < -0.3 is 4.90 Å². The van der Waals surface area contributed by atoms with Crippen molar-refractivity contribution in [2.45, 2.75) is 19.4 Å². The van der Waals surface area contributed by atoms with Crippen LogP contribution in [0.4, 0.5) is 10.6 Å². The highest BCUT2D eigenvalue weighted by atomic mass is 32.2. The van der Waals surface area contributed by atoms with Crippen LogP contribution in [0.2, 0.25) is 0 Å². The van der Waals surface area contributed by atoms with Gasteiger partial charge >= 0.3 is 6.03 Å². The largest absolute Gasteiger partial charge is 0.324 e. The lowest BCUT2D eigenvalue weighted by molar-refractivity contribution is 0.209. The molecular weight excluding hydrogens is 234 g/mol. The average molecular weight is 251 g/mol. The first-order valence-corrected chi connectivity index (χ1v) is 6.87. The van der Waals surface area contributed by atoms with Crippen molar-refractivity contribution >= 4 is 23.6 Å². The lowest BCUT2D eigenvalue weighted by Gasteiger charge is -2.23. The van der Waals surface area contributed by atoms with Crippen molar-refractivity contribution in [2.75, 3.05) is 23.9 Å². The standard InChI is InChI=1S/C12H17N3OS/c1-9-4-3-5-11(13-9)14-12(16)15(2)10-6-7-17-8-10/h3-5,10H,6-8H2,1-2H3,(H,13,14,16)/t10-/m0/s1. The molecule has 0 unspecified atom stereocenters. The fraction of sp³-hybridized carbons (Fsp3) is 0.500. The van der Waals surface area contributed by atoms with Crippen LogP contribution in [0.3, 0.4) is 0 Å². The number of hydrogen-bond acceptors (Lipinski definition) is 3. The molecule has 1 aromatic rings. The van der Waals surface area contributed by atoms with Crippen LogP contribution in [0, 0.1) is 6.92 Å². The summed E-state index contributed by atoms with van der Waals surface area (Å²) in [5, 5.41) is 2.83. The van der Waals surface area contributed by atoms with E-state index >= 15 is 0 Å². The van der Waals surface area contributed by atoms with E-state index in [1.165, 1.54) is 0 Å². The van der Waals surface area contributed by atoms with Crippen molar-refractivity contribution in [3.05, 3.63) is 23.9 Å². The molecule has 0 bridgehead atoms. The Morgan fingerprint density at radius 1 is 1.59 bits per heavy atom. The number of carbonyl (C=O) groups excluding carboxylic acids is 1. The molecule has 5 heteroatoms. The van der Waals surface area contributed by atoms with Gasteiger partial charge in [0.1, 0.15) is 5.82 Å². The summed E-state index contributed by atoms with van der Waals surface area (Å²) in [7, 11) is 1.85. The maximum Gasteiger partial charge on any atom is 0.323 e. The Balaban J connectivity index is 1.96. The van der Waals surface area contributed by atoms with E-state index in [4.69, 9.17) is 0 Å². The Labute approximate surface area is 106 Å². The number of rotatable bonds is 2. The van der Waals surface area contributed by atoms with Crippen LogP contribution in [0.1, 0.15) is 12.1 Å². The highest BCUT2D eigenvalue weighted by molar-refractivity contribution is 7.99. The Morgan fingerprint density at radius 2 is 2.41 bits per heavy atom. The Bertz CT molecular complexity index is 404. The summed E-state index contributed by atoms with van der Waals surface area (Å²) in [6.45, 7) is 1.91. The molecule has 17 heavy (non-hydrogen) atoms. The van der Waals surface area contributed by atoms with Gasteiger partial charge in [-0.15, -0.1) is 0 Å². The zero-order valence-corrected chi connectivity index (χ0v) is 11.0. The quantitative estimate of drug-likeness (QED) is 0.877. The molecule has 0 aromatic carbocycles. The second-order valence-electron chi connectivity index (χ2n) is 4.22. The van der Waals surface area contributed by atoms with E-state index < -0.39 is 0 Å². The fourth-order valence-electron chi connectivity index (χ4n) is 1.80. The van der Waals surface area contributed by atoms with Gasteiger partial charge in [0.25, 0.3) is 0 Å². The predicted molar refractivity (Wildman–Crippen MR) is 71.5 cm³/mol. The number of amides is 2. The van der Waals surface area contributed by atoms with Crippen LogP contribution in [0.5, 0.6) is 0 Å². The fourth-order valence-corrected chi connectivity index (χ4v) is 3.07. The molecule has 0 aliphatic carbocycles. The first kappa shape index (κ1) is 12.2. The first-order chi connectivity index (χ1) is 8.16. The number of hydrogen-bond donors (Lipinski definition) is 1. The van der Waals surface area contributed by atoms with Gasteiger partial charge in [-0.05, 0) is 31.2 Å². The van der Waals surface area contributed by atoms with Gasteiger partial charge in [0.05, 0.1) is 0 Å². The van der Waals surface area contributed by atoms with Gasteiger partial charge in [-0.25, -0.2) is 9.78 Å². The van der Waals surface area contributed by atoms with Crippen LogP contribution in [0.25, 0.3) is 0 Å². The number of aromatic nitrogens is 1. The minimum absolute atomic E-state index is 0.0735. The van der Waals surface area contributed by atoms with Crippen LogP contribution in [-0.4, -0.2) is 40.5 Å². The molecule has 1 atom stereocenters. The molecule has 2 rings (SSSR count). The summed E-state index contributed by atoms with van der Waals surface area (Å²) < 4.78 is 0. The van der Waals surface area contributed by atoms with E-state index in [1.807, 2.05) is 43.9 Å². The summed E-state index contributed by atoms with van der Waals surface area (Å²) in [5.41, 5.74) is 0.905. The molecule has 92 valence electrons. The van der Waals surface area contributed by atoms with Crippen LogP contribution < -0.4 is 5.32 Å². The minimum atomic E-state index is -0.0735. The molecule has 0 radical (unpaired) electrons. The van der Waals surface area contributed by atoms with Crippen molar-refractivity contribution in [3.8, 4) is 0 Å². The predicted octanol–water partition coefficient (Wildman–Crippen LogP) is 2.36. The maximum absolute atomic E-state index is 12.0. The maximum atomic E-state index is 12.0. The third kappa shape index (κ3) is 3.12. The molecular formula is C12H17N3OS. The molecule has 1 N–H and O–H groups in total. The van der Waals surface area contributed by atoms with Gasteiger partial charge in [0.15, 0.2) is 0 Å². The topological polar surface area (TPSA) is 45.2 Å². The Hall–Kier alpha value is -1.23. The van der Waals surface area contributed by atoms with Crippen LogP contribution >= 0.6 is 11.8 Å². The zero-order valence-electron chi connectivity index (χ0n) is 10.1. The van der Waals surface area contributed by atoms with Crippen molar-refractivity contribution in [1.82, 2.24) is 9.88 Å². The third-order valence-corrected chi connectivity index (χ3v) is 4.04. The number of thioether (sulfide) groups is 1. The smallest absolute Gasteiger partial charge is 0.323 e. The van der Waals surface area contributed by atoms with E-state index in [0.717, 1.165) is 23.6 Å². The highest BCUT2D eigenvalue weighted by Gasteiger charge is 2.23. The van der Waals surface area contributed by atoms with Gasteiger partial charge in [-0.3, -0.25) is 5.32 Å². The number of aryl methyl sites for hydroxylation is 1.